The van der Waals surface area contributed by atoms with Gasteiger partial charge in [-0.05, 0) is 13.3 Å². The molecule has 0 N–H and O–H groups in total. The first-order valence-electron chi connectivity index (χ1n) is 5.09. The van der Waals surface area contributed by atoms with Crippen molar-refractivity contribution in [1.82, 2.24) is 0 Å². The van der Waals surface area contributed by atoms with Gasteiger partial charge in [-0.25, -0.2) is 0 Å². The molecule has 6 heteroatoms. The maximum absolute atomic E-state index is 5.70. The van der Waals surface area contributed by atoms with Gasteiger partial charge < -0.3 is 22.8 Å². The molecule has 0 radical (unpaired) electrons. The SMILES string of the molecule is CCCOC1([Si](OC)(OC)OC)OC1C. The third-order valence-electron chi connectivity index (χ3n) is 2.58. The van der Waals surface area contributed by atoms with Crippen LogP contribution in [0.4, 0.5) is 0 Å². The molecule has 1 rings (SSSR count). The quantitative estimate of drug-likeness (QED) is 0.486. The van der Waals surface area contributed by atoms with Crippen molar-refractivity contribution >= 4 is 8.80 Å². The predicted octanol–water partition coefficient (Wildman–Crippen LogP) is 0.945. The number of ether oxygens (including phenoxy) is 2. The monoisotopic (exact) mass is 236 g/mol. The van der Waals surface area contributed by atoms with Crippen LogP contribution < -0.4 is 0 Å². The Kier molecular flexibility index (Phi) is 4.27. The summed E-state index contributed by atoms with van der Waals surface area (Å²) in [5.74, 6) is 0. The van der Waals surface area contributed by atoms with Gasteiger partial charge in [0.05, 0.1) is 0 Å². The molecular weight excluding hydrogens is 216 g/mol. The molecule has 1 saturated heterocycles. The van der Waals surface area contributed by atoms with E-state index < -0.39 is 14.2 Å². The second kappa shape index (κ2) is 4.90. The van der Waals surface area contributed by atoms with Gasteiger partial charge in [0.15, 0.2) is 0 Å². The highest BCUT2D eigenvalue weighted by Crippen LogP contribution is 2.46. The molecule has 5 nitrogen and oxygen atoms in total. The van der Waals surface area contributed by atoms with Crippen LogP contribution in [0, 0.1) is 0 Å². The van der Waals surface area contributed by atoms with E-state index in [0.29, 0.717) is 6.61 Å². The fraction of sp³-hybridized carbons (Fsp3) is 1.00. The maximum Gasteiger partial charge on any atom is 0.565 e. The Morgan fingerprint density at radius 2 is 1.67 bits per heavy atom. The van der Waals surface area contributed by atoms with Gasteiger partial charge >= 0.3 is 8.80 Å². The Labute approximate surface area is 92.0 Å². The Bertz CT molecular complexity index is 200. The summed E-state index contributed by atoms with van der Waals surface area (Å²) in [6.45, 7) is 4.57. The van der Waals surface area contributed by atoms with Crippen molar-refractivity contribution in [3.05, 3.63) is 0 Å². The van der Waals surface area contributed by atoms with Crippen molar-refractivity contribution in [1.29, 1.82) is 0 Å². The van der Waals surface area contributed by atoms with E-state index in [-0.39, 0.29) is 6.10 Å². The Hall–Kier alpha value is 0.0169. The van der Waals surface area contributed by atoms with Crippen molar-refractivity contribution in [3.63, 3.8) is 0 Å². The molecule has 2 unspecified atom stereocenters. The van der Waals surface area contributed by atoms with E-state index in [1.54, 1.807) is 21.3 Å². The molecule has 15 heavy (non-hydrogen) atoms. The van der Waals surface area contributed by atoms with E-state index in [4.69, 9.17) is 22.8 Å². The molecule has 2 atom stereocenters. The number of hydrogen-bond acceptors (Lipinski definition) is 5. The second-order valence-electron chi connectivity index (χ2n) is 3.44. The zero-order valence-corrected chi connectivity index (χ0v) is 11.0. The predicted molar refractivity (Wildman–Crippen MR) is 56.3 cm³/mol. The summed E-state index contributed by atoms with van der Waals surface area (Å²) in [6, 6.07) is 0. The van der Waals surface area contributed by atoms with Crippen LogP contribution in [0.3, 0.4) is 0 Å². The van der Waals surface area contributed by atoms with Crippen LogP contribution in [0.5, 0.6) is 0 Å². The average Bonchev–Trinajstić information content (AvgIpc) is 2.92. The molecule has 1 aliphatic heterocycles. The van der Waals surface area contributed by atoms with Gasteiger partial charge in [0.25, 0.3) is 5.41 Å². The van der Waals surface area contributed by atoms with E-state index in [2.05, 4.69) is 0 Å². The van der Waals surface area contributed by atoms with Crippen LogP contribution in [0.25, 0.3) is 0 Å². The van der Waals surface area contributed by atoms with E-state index in [1.807, 2.05) is 13.8 Å². The summed E-state index contributed by atoms with van der Waals surface area (Å²) in [6.07, 6.45) is 0.870. The molecule has 0 aromatic carbocycles. The molecular formula is C9H20O5Si. The van der Waals surface area contributed by atoms with Gasteiger partial charge in [0, 0.05) is 27.9 Å². The molecule has 90 valence electrons. The molecule has 0 aliphatic carbocycles. The van der Waals surface area contributed by atoms with Crippen LogP contribution in [-0.4, -0.2) is 48.3 Å². The van der Waals surface area contributed by atoms with Crippen molar-refractivity contribution in [3.8, 4) is 0 Å². The standard InChI is InChI=1S/C9H20O5Si/c1-6-7-13-9(8(2)14-9)15(10-3,11-4)12-5/h8H,6-7H2,1-5H3. The topological polar surface area (TPSA) is 49.5 Å². The highest BCUT2D eigenvalue weighted by Gasteiger charge is 2.76. The van der Waals surface area contributed by atoms with Gasteiger partial charge in [0.1, 0.15) is 6.10 Å². The fourth-order valence-corrected chi connectivity index (χ4v) is 4.17. The largest absolute Gasteiger partial charge is 0.565 e. The van der Waals surface area contributed by atoms with Crippen LogP contribution in [0.1, 0.15) is 20.3 Å². The molecule has 1 aliphatic rings. The zero-order valence-electron chi connectivity index (χ0n) is 10.0. The Morgan fingerprint density at radius 3 is 1.93 bits per heavy atom. The van der Waals surface area contributed by atoms with Crippen LogP contribution in [0.2, 0.25) is 0 Å². The third-order valence-corrected chi connectivity index (χ3v) is 5.72. The first kappa shape index (κ1) is 13.1. The lowest BCUT2D eigenvalue weighted by Gasteiger charge is -2.30. The van der Waals surface area contributed by atoms with Crippen molar-refractivity contribution in [2.75, 3.05) is 27.9 Å². The Balaban J connectivity index is 2.79. The lowest BCUT2D eigenvalue weighted by molar-refractivity contribution is -0.0553. The van der Waals surface area contributed by atoms with Crippen molar-refractivity contribution in [2.24, 2.45) is 0 Å². The summed E-state index contributed by atoms with van der Waals surface area (Å²) in [4.78, 5) is 0. The highest BCUT2D eigenvalue weighted by atomic mass is 28.4. The minimum Gasteiger partial charge on any atom is -0.374 e. The smallest absolute Gasteiger partial charge is 0.374 e. The van der Waals surface area contributed by atoms with Gasteiger partial charge in [-0.1, -0.05) is 6.92 Å². The molecule has 0 spiro atoms. The van der Waals surface area contributed by atoms with Crippen molar-refractivity contribution in [2.45, 2.75) is 31.8 Å². The minimum atomic E-state index is -2.88. The van der Waals surface area contributed by atoms with Crippen LogP contribution in [0.15, 0.2) is 0 Å². The molecule has 0 aromatic heterocycles. The molecule has 0 bridgehead atoms. The van der Waals surface area contributed by atoms with Gasteiger partial charge in [-0.2, -0.15) is 0 Å². The van der Waals surface area contributed by atoms with Gasteiger partial charge in [0.2, 0.25) is 0 Å². The minimum absolute atomic E-state index is 0.0458. The third kappa shape index (κ3) is 1.97. The lowest BCUT2D eigenvalue weighted by Crippen LogP contribution is -2.59. The number of hydrogen-bond donors (Lipinski definition) is 0. The second-order valence-corrected chi connectivity index (χ2v) is 6.48. The molecule has 0 amide bonds. The summed E-state index contributed by atoms with van der Waals surface area (Å²) >= 11 is 0. The number of epoxide rings is 1. The highest BCUT2D eigenvalue weighted by molar-refractivity contribution is 6.64. The number of rotatable bonds is 7. The van der Waals surface area contributed by atoms with E-state index in [9.17, 15) is 0 Å². The van der Waals surface area contributed by atoms with Crippen LogP contribution >= 0.6 is 0 Å². The maximum atomic E-state index is 5.70. The van der Waals surface area contributed by atoms with Crippen LogP contribution in [-0.2, 0) is 22.8 Å². The summed E-state index contributed by atoms with van der Waals surface area (Å²) < 4.78 is 27.3. The van der Waals surface area contributed by atoms with Gasteiger partial charge in [-0.15, -0.1) is 0 Å². The lowest BCUT2D eigenvalue weighted by atomic mass is 10.5. The first-order valence-corrected chi connectivity index (χ1v) is 6.82. The van der Waals surface area contributed by atoms with E-state index >= 15 is 0 Å². The molecule has 1 heterocycles. The normalized spacial score (nSPS) is 30.6. The van der Waals surface area contributed by atoms with E-state index in [0.717, 1.165) is 6.42 Å². The zero-order chi connectivity index (χ0) is 11.5. The first-order chi connectivity index (χ1) is 7.12. The molecule has 1 fully saturated rings. The molecule has 0 aromatic rings. The fourth-order valence-electron chi connectivity index (χ4n) is 1.72. The van der Waals surface area contributed by atoms with E-state index in [1.165, 1.54) is 0 Å². The summed E-state index contributed by atoms with van der Waals surface area (Å²) in [5.41, 5.74) is -0.804. The summed E-state index contributed by atoms with van der Waals surface area (Å²) in [7, 11) is 1.80. The average molecular weight is 236 g/mol. The molecule has 0 saturated carbocycles. The van der Waals surface area contributed by atoms with Crippen molar-refractivity contribution < 1.29 is 22.8 Å². The summed E-state index contributed by atoms with van der Waals surface area (Å²) in [5, 5.41) is 0. The Morgan fingerprint density at radius 1 is 1.20 bits per heavy atom. The van der Waals surface area contributed by atoms with Gasteiger partial charge in [-0.3, -0.25) is 0 Å².